The van der Waals surface area contributed by atoms with E-state index in [1.54, 1.807) is 6.92 Å². The van der Waals surface area contributed by atoms with Gasteiger partial charge in [-0.2, -0.15) is 0 Å². The van der Waals surface area contributed by atoms with Gasteiger partial charge in [0.15, 0.2) is 0 Å². The highest BCUT2D eigenvalue weighted by Crippen LogP contribution is 2.60. The number of carbonyl (C=O) groups is 2. The molecule has 0 aromatic heterocycles. The van der Waals surface area contributed by atoms with Gasteiger partial charge in [-0.15, -0.1) is 20.7 Å². The first-order chi connectivity index (χ1) is 15.9. The molecule has 0 aromatic carbocycles. The van der Waals surface area contributed by atoms with Crippen LogP contribution in [-0.4, -0.2) is 89.5 Å². The monoisotopic (exact) mass is 579 g/mol. The fourth-order valence-corrected chi connectivity index (χ4v) is 6.45. The van der Waals surface area contributed by atoms with Crippen molar-refractivity contribution in [3.8, 4) is 0 Å². The quantitative estimate of drug-likeness (QED) is 0.101. The van der Waals surface area contributed by atoms with E-state index in [4.69, 9.17) is 18.9 Å². The van der Waals surface area contributed by atoms with Crippen LogP contribution in [-0.2, 0) is 28.5 Å². The predicted molar refractivity (Wildman–Crippen MR) is 139 cm³/mol. The molecular weight excluding hydrogens is 537 g/mol. The highest BCUT2D eigenvalue weighted by molar-refractivity contribution is 14.2. The second-order valence-corrected chi connectivity index (χ2v) is 12.2. The molecule has 1 aliphatic heterocycles. The number of ether oxygens (including phenoxy) is 4. The molecule has 1 saturated carbocycles. The summed E-state index contributed by atoms with van der Waals surface area (Å²) in [5.41, 5.74) is 0.0534. The van der Waals surface area contributed by atoms with Crippen LogP contribution in [0.4, 0.5) is 0 Å². The van der Waals surface area contributed by atoms with Crippen molar-refractivity contribution in [3.63, 3.8) is 0 Å². The number of amides is 1. The van der Waals surface area contributed by atoms with Crippen LogP contribution >= 0.6 is 20.7 Å². The zero-order chi connectivity index (χ0) is 24.2. The van der Waals surface area contributed by atoms with Crippen molar-refractivity contribution in [2.24, 2.45) is 5.92 Å². The van der Waals surface area contributed by atoms with Crippen molar-refractivity contribution in [1.82, 2.24) is 4.90 Å². The Labute approximate surface area is 209 Å². The molecule has 0 bridgehead atoms. The van der Waals surface area contributed by atoms with Crippen LogP contribution in [0.25, 0.3) is 0 Å². The smallest absolute Gasteiger partial charge is 0.223 e. The van der Waals surface area contributed by atoms with Crippen LogP contribution in [0.5, 0.6) is 0 Å². The molecule has 7 nitrogen and oxygen atoms in total. The van der Waals surface area contributed by atoms with Crippen LogP contribution in [0.1, 0.15) is 52.9 Å². The number of hydrogen-bond acceptors (Lipinski definition) is 6. The number of carbonyl (C=O) groups excluding carboxylic acids is 2. The van der Waals surface area contributed by atoms with Crippen molar-refractivity contribution in [2.75, 3.05) is 59.4 Å². The molecule has 1 heterocycles. The van der Waals surface area contributed by atoms with Crippen LogP contribution in [0, 0.1) is 5.92 Å². The highest BCUT2D eigenvalue weighted by Gasteiger charge is 2.64. The molecule has 0 radical (unpaired) electrons. The molecule has 2 unspecified atom stereocenters. The summed E-state index contributed by atoms with van der Waals surface area (Å²) in [4.78, 5) is 25.7. The second kappa shape index (κ2) is 14.7. The second-order valence-electron chi connectivity index (χ2n) is 8.99. The first-order valence-electron chi connectivity index (χ1n) is 12.0. The molecule has 1 amide bonds. The summed E-state index contributed by atoms with van der Waals surface area (Å²) in [5, 5.41) is 0. The number of nitrogens with zero attached hydrogens (tertiary/aromatic N) is 1. The molecule has 1 aliphatic carbocycles. The molecule has 1 spiro atoms. The van der Waals surface area contributed by atoms with Gasteiger partial charge in [0.2, 0.25) is 5.91 Å². The zero-order valence-electron chi connectivity index (χ0n) is 20.6. The van der Waals surface area contributed by atoms with Gasteiger partial charge in [-0.3, -0.25) is 9.59 Å². The lowest BCUT2D eigenvalue weighted by atomic mass is 9.83. The van der Waals surface area contributed by atoms with Gasteiger partial charge in [0, 0.05) is 34.3 Å². The Balaban J connectivity index is 1.55. The van der Waals surface area contributed by atoms with Gasteiger partial charge in [-0.1, -0.05) is 23.6 Å². The molecule has 0 aromatic rings. The van der Waals surface area contributed by atoms with E-state index in [1.807, 2.05) is 0 Å². The third-order valence-electron chi connectivity index (χ3n) is 6.59. The topological polar surface area (TPSA) is 74.3 Å². The third-order valence-corrected chi connectivity index (χ3v) is 9.52. The SMILES string of the molecule is C=IC(C)(C/C=C\C)C1CC(=O)N(CCOCCOCCOCCOCCC(C)=O)C12CC2. The Morgan fingerprint density at radius 3 is 2.12 bits per heavy atom. The Bertz CT molecular complexity index is 665. The van der Waals surface area contributed by atoms with E-state index < -0.39 is 0 Å². The van der Waals surface area contributed by atoms with Gasteiger partial charge in [-0.25, -0.2) is 0 Å². The van der Waals surface area contributed by atoms with Gasteiger partial charge in [-0.05, 0) is 33.1 Å². The number of halogens is 1. The first kappa shape index (κ1) is 28.6. The molecule has 190 valence electrons. The number of rotatable bonds is 19. The van der Waals surface area contributed by atoms with E-state index in [1.165, 1.54) is 0 Å². The summed E-state index contributed by atoms with van der Waals surface area (Å²) in [5.74, 6) is 0.832. The normalized spacial score (nSPS) is 21.2. The Hall–Kier alpha value is -0.680. The summed E-state index contributed by atoms with van der Waals surface area (Å²) < 4.78 is 26.5. The first-order valence-corrected chi connectivity index (χ1v) is 14.6. The average molecular weight is 580 g/mol. The van der Waals surface area contributed by atoms with Crippen LogP contribution in [0.3, 0.4) is 0 Å². The molecular formula is C25H42INO6. The largest absolute Gasteiger partial charge is 0.379 e. The molecule has 2 fully saturated rings. The minimum atomic E-state index is -0.219. The minimum absolute atomic E-state index is 0.0534. The van der Waals surface area contributed by atoms with Gasteiger partial charge >= 0.3 is 0 Å². The van der Waals surface area contributed by atoms with E-state index >= 15 is 0 Å². The van der Waals surface area contributed by atoms with Gasteiger partial charge in [0.25, 0.3) is 0 Å². The minimum Gasteiger partial charge on any atom is -0.379 e. The van der Waals surface area contributed by atoms with Crippen LogP contribution < -0.4 is 0 Å². The highest BCUT2D eigenvalue weighted by atomic mass is 127. The molecule has 1 saturated heterocycles. The molecule has 2 aliphatic rings. The van der Waals surface area contributed by atoms with Crippen LogP contribution in [0.15, 0.2) is 12.2 Å². The lowest BCUT2D eigenvalue weighted by Gasteiger charge is -2.37. The summed E-state index contributed by atoms with van der Waals surface area (Å²) in [6.45, 7) is 10.6. The molecule has 33 heavy (non-hydrogen) atoms. The molecule has 0 N–H and O–H groups in total. The average Bonchev–Trinajstić information content (AvgIpc) is 3.53. The van der Waals surface area contributed by atoms with Crippen molar-refractivity contribution >= 4 is 36.9 Å². The van der Waals surface area contributed by atoms with E-state index in [9.17, 15) is 9.59 Å². The molecule has 2 rings (SSSR count). The fraction of sp³-hybridized carbons (Fsp3) is 0.800. The number of hydrogen-bond donors (Lipinski definition) is 0. The maximum absolute atomic E-state index is 12.8. The fourth-order valence-electron chi connectivity index (χ4n) is 4.55. The van der Waals surface area contributed by atoms with E-state index in [2.05, 4.69) is 35.4 Å². The number of alkyl halides is 1. The Kier molecular flexibility index (Phi) is 12.7. The van der Waals surface area contributed by atoms with Crippen molar-refractivity contribution < 1.29 is 28.5 Å². The summed E-state index contributed by atoms with van der Waals surface area (Å²) >= 11 is -0.219. The molecule has 2 atom stereocenters. The third kappa shape index (κ3) is 8.80. The Morgan fingerprint density at radius 2 is 1.64 bits per heavy atom. The summed E-state index contributed by atoms with van der Waals surface area (Å²) in [7, 11) is 0. The summed E-state index contributed by atoms with van der Waals surface area (Å²) in [6, 6.07) is 0. The standard InChI is InChI=1S/C25H42INO6/c1-5-6-8-24(3,26-4)22-20-23(29)27(25(22)9-10-25)11-13-31-15-17-33-19-18-32-16-14-30-12-7-21(2)28/h5-6,22H,4,7-20H2,1-3H3/b6-5-. The van der Waals surface area contributed by atoms with Gasteiger partial charge < -0.3 is 23.8 Å². The number of allylic oxidation sites excluding steroid dienone is 2. The number of likely N-dealkylation sites (tertiary alicyclic amines) is 1. The van der Waals surface area contributed by atoms with Gasteiger partial charge in [0.1, 0.15) is 5.78 Å². The van der Waals surface area contributed by atoms with Crippen molar-refractivity contribution in [2.45, 2.75) is 61.8 Å². The summed E-state index contributed by atoms with van der Waals surface area (Å²) in [6.07, 6.45) is 8.72. The van der Waals surface area contributed by atoms with E-state index in [-0.39, 0.29) is 41.4 Å². The zero-order valence-corrected chi connectivity index (χ0v) is 22.8. The number of Topliss-reactive ketones (excluding diaryl/α,β-unsaturated/α-hetero) is 1. The maximum atomic E-state index is 12.8. The van der Waals surface area contributed by atoms with E-state index in [0.29, 0.717) is 78.2 Å². The lowest BCUT2D eigenvalue weighted by Crippen LogP contribution is -2.44. The Morgan fingerprint density at radius 1 is 1.09 bits per heavy atom. The van der Waals surface area contributed by atoms with Gasteiger partial charge in [0.05, 0.1) is 52.9 Å². The van der Waals surface area contributed by atoms with Crippen molar-refractivity contribution in [3.05, 3.63) is 12.2 Å². The van der Waals surface area contributed by atoms with E-state index in [0.717, 1.165) is 19.3 Å². The predicted octanol–water partition coefficient (Wildman–Crippen LogP) is 3.54. The number of ketones is 1. The van der Waals surface area contributed by atoms with Crippen LogP contribution in [0.2, 0.25) is 0 Å². The maximum Gasteiger partial charge on any atom is 0.223 e. The lowest BCUT2D eigenvalue weighted by molar-refractivity contribution is -0.130. The van der Waals surface area contributed by atoms with Crippen molar-refractivity contribution in [1.29, 1.82) is 0 Å². The molecule has 8 heteroatoms.